The lowest BCUT2D eigenvalue weighted by Gasteiger charge is -2.44. The van der Waals surface area contributed by atoms with E-state index in [1.54, 1.807) is 0 Å². The van der Waals surface area contributed by atoms with E-state index in [1.807, 2.05) is 0 Å². The number of hydrogen-bond acceptors (Lipinski definition) is 2. The summed E-state index contributed by atoms with van der Waals surface area (Å²) in [4.78, 5) is 0. The highest BCUT2D eigenvalue weighted by atomic mass is 127. The molecule has 126 valence electrons. The maximum absolute atomic E-state index is 14.0. The van der Waals surface area contributed by atoms with Crippen LogP contribution in [0.4, 0.5) is 4.39 Å². The zero-order valence-corrected chi connectivity index (χ0v) is 15.7. The minimum absolute atomic E-state index is 0.272. The third kappa shape index (κ3) is 2.34. The van der Waals surface area contributed by atoms with E-state index in [-0.39, 0.29) is 5.41 Å². The summed E-state index contributed by atoms with van der Waals surface area (Å²) in [5, 5.41) is 9.19. The second kappa shape index (κ2) is 5.51. The van der Waals surface area contributed by atoms with Crippen LogP contribution in [0.1, 0.15) is 73.3 Å². The Labute approximate surface area is 155 Å². The van der Waals surface area contributed by atoms with E-state index in [9.17, 15) is 4.39 Å². The summed E-state index contributed by atoms with van der Waals surface area (Å²) in [7, 11) is 0. The Hall–Kier alpha value is -0.980. The predicted molar refractivity (Wildman–Crippen MR) is 99.3 cm³/mol. The maximum Gasteiger partial charge on any atom is 0.144 e. The van der Waals surface area contributed by atoms with Crippen molar-refractivity contribution in [2.45, 2.75) is 66.5 Å². The Morgan fingerprint density at radius 2 is 1.79 bits per heavy atom. The molecule has 0 aliphatic heterocycles. The lowest BCUT2D eigenvalue weighted by Crippen LogP contribution is -2.45. The molecule has 0 atom stereocenters. The van der Waals surface area contributed by atoms with Crippen molar-refractivity contribution in [1.82, 2.24) is 14.8 Å². The van der Waals surface area contributed by atoms with Crippen LogP contribution in [0.25, 0.3) is 0 Å². The fraction of sp³-hybridized carbons (Fsp3) is 0.579. The van der Waals surface area contributed by atoms with E-state index in [4.69, 9.17) is 0 Å². The topological polar surface area (TPSA) is 30.7 Å². The minimum atomic E-state index is -0.719. The van der Waals surface area contributed by atoms with Crippen LogP contribution in [-0.2, 0) is 9.84 Å². The van der Waals surface area contributed by atoms with Gasteiger partial charge in [-0.15, -0.1) is 10.2 Å². The molecule has 24 heavy (non-hydrogen) atoms. The Morgan fingerprint density at radius 1 is 1.08 bits per heavy atom. The highest BCUT2D eigenvalue weighted by Crippen LogP contribution is 2.53. The van der Waals surface area contributed by atoms with Gasteiger partial charge < -0.3 is 4.57 Å². The highest BCUT2D eigenvalue weighted by Gasteiger charge is 2.52. The molecule has 3 nitrogen and oxygen atoms in total. The Balaban J connectivity index is 1.61. The summed E-state index contributed by atoms with van der Waals surface area (Å²) >= 11 is 2.38. The molecule has 0 N–H and O–H groups in total. The lowest BCUT2D eigenvalue weighted by molar-refractivity contribution is 0.113. The minimum Gasteiger partial charge on any atom is -0.311 e. The van der Waals surface area contributed by atoms with Gasteiger partial charge in [-0.05, 0) is 49.7 Å². The molecule has 0 unspecified atom stereocenters. The van der Waals surface area contributed by atoms with Crippen molar-refractivity contribution in [3.63, 3.8) is 0 Å². The van der Waals surface area contributed by atoms with Crippen LogP contribution in [0.5, 0.6) is 0 Å². The molecule has 1 aromatic heterocycles. The van der Waals surface area contributed by atoms with Gasteiger partial charge in [-0.25, -0.2) is 4.39 Å². The van der Waals surface area contributed by atoms with Crippen LogP contribution in [0, 0.1) is 0 Å². The first kappa shape index (κ1) is 15.3. The second-order valence-corrected chi connectivity index (χ2v) is 8.44. The smallest absolute Gasteiger partial charge is 0.144 e. The van der Waals surface area contributed by atoms with Crippen molar-refractivity contribution in [3.8, 4) is 0 Å². The molecule has 1 aromatic carbocycles. The molecule has 0 saturated heterocycles. The van der Waals surface area contributed by atoms with Gasteiger partial charge in [0.2, 0.25) is 0 Å². The van der Waals surface area contributed by atoms with Crippen molar-refractivity contribution < 1.29 is 4.39 Å². The zero-order valence-electron chi connectivity index (χ0n) is 13.6. The molecule has 2 aromatic rings. The van der Waals surface area contributed by atoms with Crippen molar-refractivity contribution in [3.05, 3.63) is 47.0 Å². The van der Waals surface area contributed by atoms with Crippen LogP contribution in [0.15, 0.2) is 24.3 Å². The third-order valence-corrected chi connectivity index (χ3v) is 6.69. The first-order chi connectivity index (χ1) is 11.7. The number of hydrogen-bond donors (Lipinski definition) is 0. The first-order valence-corrected chi connectivity index (χ1v) is 10.5. The quantitative estimate of drug-likeness (QED) is 0.495. The standard InChI is InChI=1S/C19H21FIN3/c20-15-9-19(10-15,14-5-1-12(11-21)2-6-14)18-23-22-17(13-3-4-13)24(18)16-7-8-16/h1-2,5-6,13,15-16H,3-4,7-11H2. The molecule has 0 bridgehead atoms. The average molecular weight is 437 g/mol. The molecular weight excluding hydrogens is 416 g/mol. The number of halogens is 2. The highest BCUT2D eigenvalue weighted by molar-refractivity contribution is 14.1. The van der Waals surface area contributed by atoms with Gasteiger partial charge in [-0.3, -0.25) is 0 Å². The number of alkyl halides is 2. The van der Waals surface area contributed by atoms with Crippen molar-refractivity contribution >= 4 is 22.6 Å². The Bertz CT molecular complexity index is 755. The average Bonchev–Trinajstić information content (AvgIpc) is 3.50. The number of aromatic nitrogens is 3. The van der Waals surface area contributed by atoms with E-state index in [0.29, 0.717) is 24.8 Å². The normalized spacial score (nSPS) is 29.5. The molecule has 5 heteroatoms. The maximum atomic E-state index is 14.0. The van der Waals surface area contributed by atoms with Gasteiger partial charge in [0.15, 0.2) is 0 Å². The van der Waals surface area contributed by atoms with Gasteiger partial charge in [0, 0.05) is 16.4 Å². The van der Waals surface area contributed by atoms with E-state index in [0.717, 1.165) is 16.1 Å². The summed E-state index contributed by atoms with van der Waals surface area (Å²) < 4.78 is 17.4. The van der Waals surface area contributed by atoms with Crippen molar-refractivity contribution in [2.24, 2.45) is 0 Å². The third-order valence-electron chi connectivity index (χ3n) is 5.81. The van der Waals surface area contributed by atoms with Crippen LogP contribution in [-0.4, -0.2) is 20.9 Å². The van der Waals surface area contributed by atoms with Gasteiger partial charge in [-0.2, -0.15) is 0 Å². The molecule has 0 amide bonds. The van der Waals surface area contributed by atoms with Gasteiger partial charge in [0.1, 0.15) is 17.8 Å². The van der Waals surface area contributed by atoms with Crippen LogP contribution in [0.3, 0.4) is 0 Å². The largest absolute Gasteiger partial charge is 0.311 e. The van der Waals surface area contributed by atoms with Crippen LogP contribution >= 0.6 is 22.6 Å². The second-order valence-electron chi connectivity index (χ2n) is 7.68. The number of nitrogens with zero attached hydrogens (tertiary/aromatic N) is 3. The summed E-state index contributed by atoms with van der Waals surface area (Å²) in [5.41, 5.74) is 2.25. The lowest BCUT2D eigenvalue weighted by atomic mass is 9.62. The molecule has 3 fully saturated rings. The van der Waals surface area contributed by atoms with Gasteiger partial charge >= 0.3 is 0 Å². The molecule has 5 rings (SSSR count). The Morgan fingerprint density at radius 3 is 2.33 bits per heavy atom. The fourth-order valence-electron chi connectivity index (χ4n) is 4.10. The summed E-state index contributed by atoms with van der Waals surface area (Å²) in [5.74, 6) is 2.78. The van der Waals surface area contributed by atoms with Crippen LogP contribution < -0.4 is 0 Å². The molecular formula is C19H21FIN3. The van der Waals surface area contributed by atoms with Crippen molar-refractivity contribution in [1.29, 1.82) is 0 Å². The Kier molecular flexibility index (Phi) is 3.51. The van der Waals surface area contributed by atoms with Gasteiger partial charge in [0.25, 0.3) is 0 Å². The molecule has 0 spiro atoms. The van der Waals surface area contributed by atoms with E-state index < -0.39 is 6.17 Å². The number of benzene rings is 1. The van der Waals surface area contributed by atoms with Crippen molar-refractivity contribution in [2.75, 3.05) is 0 Å². The monoisotopic (exact) mass is 437 g/mol. The zero-order chi connectivity index (χ0) is 16.3. The van der Waals surface area contributed by atoms with E-state index >= 15 is 0 Å². The predicted octanol–water partition coefficient (Wildman–Crippen LogP) is 4.84. The summed E-state index contributed by atoms with van der Waals surface area (Å²) in [6, 6.07) is 9.27. The fourth-order valence-corrected chi connectivity index (χ4v) is 4.61. The molecule has 3 aliphatic rings. The van der Waals surface area contributed by atoms with Gasteiger partial charge in [-0.1, -0.05) is 46.9 Å². The molecule has 0 radical (unpaired) electrons. The number of rotatable bonds is 5. The molecule has 3 aliphatic carbocycles. The van der Waals surface area contributed by atoms with E-state index in [1.165, 1.54) is 36.8 Å². The summed E-state index contributed by atoms with van der Waals surface area (Å²) in [6.07, 6.45) is 5.27. The van der Waals surface area contributed by atoms with Gasteiger partial charge in [0.05, 0.1) is 5.41 Å². The molecule has 3 saturated carbocycles. The SMILES string of the molecule is FC1CC(c2ccc(CI)cc2)(c2nnc(C3CC3)n2C2CC2)C1. The van der Waals surface area contributed by atoms with Crippen LogP contribution in [0.2, 0.25) is 0 Å². The summed E-state index contributed by atoms with van der Waals surface area (Å²) in [6.45, 7) is 0. The molecule has 1 heterocycles. The van der Waals surface area contributed by atoms with E-state index in [2.05, 4.69) is 61.6 Å². The first-order valence-electron chi connectivity index (χ1n) is 8.96.